The molecule has 1 heterocycles. The molecule has 0 saturated heterocycles. The number of nitrogens with zero attached hydrogens (tertiary/aromatic N) is 2. The van der Waals surface area contributed by atoms with E-state index < -0.39 is 26.8 Å². The van der Waals surface area contributed by atoms with Gasteiger partial charge in [0.25, 0.3) is 5.69 Å². The first-order chi connectivity index (χ1) is 10.4. The minimum atomic E-state index is -1.13. The Morgan fingerprint density at radius 1 is 1.00 bits per heavy atom. The lowest BCUT2D eigenvalue weighted by molar-refractivity contribution is -0.386. The fourth-order valence-electron chi connectivity index (χ4n) is 1.72. The van der Waals surface area contributed by atoms with Crippen LogP contribution in [0.25, 0.3) is 12.2 Å². The summed E-state index contributed by atoms with van der Waals surface area (Å²) >= 11 is 0. The number of rotatable bonds is 4. The summed E-state index contributed by atoms with van der Waals surface area (Å²) in [5.74, 6) is 0. The van der Waals surface area contributed by atoms with E-state index in [-0.39, 0.29) is 11.4 Å². The third-order valence-electron chi connectivity index (χ3n) is 2.65. The van der Waals surface area contributed by atoms with Gasteiger partial charge in [-0.3, -0.25) is 30.0 Å². The molecular formula is C12H8N4O6. The Labute approximate surface area is 121 Å². The number of H-pyrrole nitrogens is 2. The molecule has 1 aromatic heterocycles. The fraction of sp³-hybridized carbons (Fsp3) is 0. The van der Waals surface area contributed by atoms with Crippen molar-refractivity contribution in [3.63, 3.8) is 0 Å². The van der Waals surface area contributed by atoms with Gasteiger partial charge in [0.2, 0.25) is 0 Å². The number of hydrogen-bond acceptors (Lipinski definition) is 6. The van der Waals surface area contributed by atoms with Crippen LogP contribution in [0.1, 0.15) is 11.3 Å². The summed E-state index contributed by atoms with van der Waals surface area (Å²) in [4.78, 5) is 46.5. The Morgan fingerprint density at radius 3 is 2.36 bits per heavy atom. The molecule has 2 rings (SSSR count). The van der Waals surface area contributed by atoms with E-state index in [1.165, 1.54) is 30.3 Å². The first-order valence-corrected chi connectivity index (χ1v) is 5.82. The maximum atomic E-state index is 11.4. The Kier molecular flexibility index (Phi) is 3.93. The van der Waals surface area contributed by atoms with Crippen LogP contribution in [0.4, 0.5) is 11.4 Å². The molecule has 0 saturated carbocycles. The van der Waals surface area contributed by atoms with E-state index in [9.17, 15) is 29.8 Å². The molecule has 0 spiro atoms. The van der Waals surface area contributed by atoms with Crippen molar-refractivity contribution in [3.05, 3.63) is 76.6 Å². The molecule has 0 aliphatic heterocycles. The van der Waals surface area contributed by atoms with E-state index in [0.717, 1.165) is 6.08 Å². The minimum Gasteiger partial charge on any atom is -0.301 e. The quantitative estimate of drug-likeness (QED) is 0.636. The lowest BCUT2D eigenvalue weighted by Gasteiger charge is -1.97. The zero-order valence-electron chi connectivity index (χ0n) is 10.8. The number of benzene rings is 1. The van der Waals surface area contributed by atoms with Crippen LogP contribution < -0.4 is 11.2 Å². The van der Waals surface area contributed by atoms with Gasteiger partial charge in [-0.2, -0.15) is 0 Å². The van der Waals surface area contributed by atoms with E-state index >= 15 is 0 Å². The van der Waals surface area contributed by atoms with Crippen LogP contribution in [0.15, 0.2) is 33.9 Å². The van der Waals surface area contributed by atoms with Crippen LogP contribution >= 0.6 is 0 Å². The Hall–Kier alpha value is -3.56. The van der Waals surface area contributed by atoms with Crippen molar-refractivity contribution in [1.82, 2.24) is 9.97 Å². The smallest absolute Gasteiger partial charge is 0.301 e. The highest BCUT2D eigenvalue weighted by atomic mass is 16.6. The van der Waals surface area contributed by atoms with Crippen molar-refractivity contribution in [2.75, 3.05) is 0 Å². The summed E-state index contributed by atoms with van der Waals surface area (Å²) < 4.78 is 0. The molecule has 1 aromatic carbocycles. The van der Waals surface area contributed by atoms with Crippen LogP contribution in [-0.2, 0) is 0 Å². The number of nitro benzene ring substituents is 1. The highest BCUT2D eigenvalue weighted by Gasteiger charge is 2.18. The van der Waals surface area contributed by atoms with E-state index in [1.807, 2.05) is 0 Å². The molecule has 0 aliphatic carbocycles. The topological polar surface area (TPSA) is 152 Å². The van der Waals surface area contributed by atoms with Gasteiger partial charge >= 0.3 is 16.9 Å². The monoisotopic (exact) mass is 304 g/mol. The molecule has 0 unspecified atom stereocenters. The molecule has 2 N–H and O–H groups in total. The summed E-state index contributed by atoms with van der Waals surface area (Å²) in [7, 11) is 0. The second-order valence-corrected chi connectivity index (χ2v) is 4.11. The summed E-state index contributed by atoms with van der Waals surface area (Å²) in [6.45, 7) is 0. The third-order valence-corrected chi connectivity index (χ3v) is 2.65. The maximum absolute atomic E-state index is 11.4. The van der Waals surface area contributed by atoms with Crippen LogP contribution in [0.2, 0.25) is 0 Å². The van der Waals surface area contributed by atoms with Gasteiger partial charge in [-0.1, -0.05) is 18.2 Å². The average molecular weight is 304 g/mol. The van der Waals surface area contributed by atoms with Crippen molar-refractivity contribution in [2.45, 2.75) is 0 Å². The lowest BCUT2D eigenvalue weighted by atomic mass is 10.1. The van der Waals surface area contributed by atoms with Gasteiger partial charge in [0.1, 0.15) is 5.69 Å². The van der Waals surface area contributed by atoms with Crippen LogP contribution in [-0.4, -0.2) is 19.8 Å². The summed E-state index contributed by atoms with van der Waals surface area (Å²) in [6, 6.07) is 5.50. The zero-order valence-corrected chi connectivity index (χ0v) is 10.8. The highest BCUT2D eigenvalue weighted by molar-refractivity contribution is 5.72. The molecule has 0 aliphatic rings. The van der Waals surface area contributed by atoms with Gasteiger partial charge < -0.3 is 4.98 Å². The summed E-state index contributed by atoms with van der Waals surface area (Å²) in [5.41, 5.74) is -2.92. The van der Waals surface area contributed by atoms with Gasteiger partial charge in [0, 0.05) is 12.1 Å². The van der Waals surface area contributed by atoms with E-state index in [0.29, 0.717) is 5.56 Å². The van der Waals surface area contributed by atoms with Crippen molar-refractivity contribution < 1.29 is 9.85 Å². The predicted octanol–water partition coefficient (Wildman–Crippen LogP) is 1.05. The molecular weight excluding hydrogens is 296 g/mol. The Bertz CT molecular complexity index is 895. The fourth-order valence-corrected chi connectivity index (χ4v) is 1.72. The molecule has 10 heteroatoms. The lowest BCUT2D eigenvalue weighted by Crippen LogP contribution is -2.25. The molecule has 0 amide bonds. The van der Waals surface area contributed by atoms with E-state index in [4.69, 9.17) is 0 Å². The number of nitro groups is 2. The standard InChI is InChI=1S/C12H8N4O6/c17-11-10(16(21)22)9(13-12(18)14-11)5-4-7-2-1-3-8(6-7)15(19)20/h1-6H,(H2,13,14,17,18)/b5-4-. The van der Waals surface area contributed by atoms with E-state index in [2.05, 4.69) is 4.98 Å². The number of aromatic nitrogens is 2. The summed E-state index contributed by atoms with van der Waals surface area (Å²) in [6.07, 6.45) is 2.44. The summed E-state index contributed by atoms with van der Waals surface area (Å²) in [5, 5.41) is 21.5. The van der Waals surface area contributed by atoms with Crippen LogP contribution in [0.5, 0.6) is 0 Å². The molecule has 0 bridgehead atoms. The second-order valence-electron chi connectivity index (χ2n) is 4.11. The number of aromatic amines is 2. The molecule has 112 valence electrons. The molecule has 10 nitrogen and oxygen atoms in total. The number of hydrogen-bond donors (Lipinski definition) is 2. The average Bonchev–Trinajstić information content (AvgIpc) is 2.44. The first kappa shape index (κ1) is 14.8. The van der Waals surface area contributed by atoms with Crippen molar-refractivity contribution in [2.24, 2.45) is 0 Å². The van der Waals surface area contributed by atoms with Gasteiger partial charge in [0.15, 0.2) is 0 Å². The van der Waals surface area contributed by atoms with Crippen molar-refractivity contribution in [3.8, 4) is 0 Å². The van der Waals surface area contributed by atoms with Crippen molar-refractivity contribution in [1.29, 1.82) is 0 Å². The van der Waals surface area contributed by atoms with Gasteiger partial charge in [-0.05, 0) is 11.6 Å². The van der Waals surface area contributed by atoms with Crippen LogP contribution in [0, 0.1) is 20.2 Å². The molecule has 0 radical (unpaired) electrons. The van der Waals surface area contributed by atoms with Crippen molar-refractivity contribution >= 4 is 23.5 Å². The predicted molar refractivity (Wildman–Crippen MR) is 76.4 cm³/mol. The third kappa shape index (κ3) is 3.12. The first-order valence-electron chi connectivity index (χ1n) is 5.82. The maximum Gasteiger partial charge on any atom is 0.357 e. The largest absolute Gasteiger partial charge is 0.357 e. The SMILES string of the molecule is O=c1[nH]c(/C=C\c2cccc([N+](=O)[O-])c2)c([N+](=O)[O-])c(=O)[nH]1. The number of non-ortho nitro benzene ring substituents is 1. The Morgan fingerprint density at radius 2 is 1.73 bits per heavy atom. The highest BCUT2D eigenvalue weighted by Crippen LogP contribution is 2.16. The zero-order chi connectivity index (χ0) is 16.3. The van der Waals surface area contributed by atoms with Gasteiger partial charge in [0.05, 0.1) is 9.85 Å². The normalized spacial score (nSPS) is 10.7. The molecule has 0 atom stereocenters. The molecule has 0 fully saturated rings. The molecule has 22 heavy (non-hydrogen) atoms. The van der Waals surface area contributed by atoms with Gasteiger partial charge in [-0.15, -0.1) is 0 Å². The number of nitrogens with one attached hydrogen (secondary N) is 2. The van der Waals surface area contributed by atoms with E-state index in [1.54, 1.807) is 4.98 Å². The Balaban J connectivity index is 2.49. The second kappa shape index (κ2) is 5.83. The molecule has 2 aromatic rings. The minimum absolute atomic E-state index is 0.156. The van der Waals surface area contributed by atoms with Gasteiger partial charge in [-0.25, -0.2) is 4.79 Å². The van der Waals surface area contributed by atoms with Crippen LogP contribution in [0.3, 0.4) is 0 Å².